The van der Waals surface area contributed by atoms with E-state index in [0.29, 0.717) is 41.3 Å². The lowest BCUT2D eigenvalue weighted by atomic mass is 9.89. The first-order valence-electron chi connectivity index (χ1n) is 12.0. The standard InChI is InChI=1S/C29H26N3O5P/c1-37-29-27-22(18-30-32-28(27)33)17-23(31-29)16-21-12-13-26(38(34,35)36)25(15-20-10-6-3-7-11-20)24(21)14-19-8-4-2-5-9-19/h2-13,17-18H,14-16H2,1H3,(H,32,33)(H2,34,35,36). The maximum Gasteiger partial charge on any atom is 0.356 e. The molecule has 38 heavy (non-hydrogen) atoms. The first kappa shape index (κ1) is 25.5. The molecule has 0 radical (unpaired) electrons. The molecule has 0 atom stereocenters. The molecule has 0 aliphatic rings. The van der Waals surface area contributed by atoms with Gasteiger partial charge in [0, 0.05) is 17.5 Å². The van der Waals surface area contributed by atoms with Gasteiger partial charge in [-0.1, -0.05) is 66.7 Å². The van der Waals surface area contributed by atoms with Crippen molar-refractivity contribution in [2.45, 2.75) is 19.3 Å². The van der Waals surface area contributed by atoms with Crippen molar-refractivity contribution in [2.75, 3.05) is 7.11 Å². The van der Waals surface area contributed by atoms with E-state index in [-0.39, 0.29) is 16.7 Å². The average Bonchev–Trinajstić information content (AvgIpc) is 2.90. The van der Waals surface area contributed by atoms with E-state index in [0.717, 1.165) is 22.3 Å². The summed E-state index contributed by atoms with van der Waals surface area (Å²) < 4.78 is 18.0. The maximum absolute atomic E-state index is 12.6. The Morgan fingerprint density at radius 1 is 0.868 bits per heavy atom. The van der Waals surface area contributed by atoms with Gasteiger partial charge in [-0.05, 0) is 52.8 Å². The molecule has 2 aromatic heterocycles. The van der Waals surface area contributed by atoms with Crippen LogP contribution in [-0.4, -0.2) is 32.1 Å². The highest BCUT2D eigenvalue weighted by Crippen LogP contribution is 2.38. The summed E-state index contributed by atoms with van der Waals surface area (Å²) in [5, 5.41) is 7.24. The third-order valence-corrected chi connectivity index (χ3v) is 7.54. The number of H-pyrrole nitrogens is 1. The number of aromatic amines is 1. The van der Waals surface area contributed by atoms with Crippen molar-refractivity contribution in [3.8, 4) is 5.88 Å². The molecule has 0 fully saturated rings. The van der Waals surface area contributed by atoms with E-state index >= 15 is 0 Å². The summed E-state index contributed by atoms with van der Waals surface area (Å²) >= 11 is 0. The Bertz CT molecular complexity index is 1700. The Kier molecular flexibility index (Phi) is 7.20. The third-order valence-electron chi connectivity index (χ3n) is 6.50. The lowest BCUT2D eigenvalue weighted by Gasteiger charge is -2.20. The largest absolute Gasteiger partial charge is 0.480 e. The van der Waals surface area contributed by atoms with Gasteiger partial charge in [0.05, 0.1) is 18.6 Å². The molecule has 0 bridgehead atoms. The van der Waals surface area contributed by atoms with Crippen LogP contribution in [0.5, 0.6) is 5.88 Å². The topological polar surface area (TPSA) is 125 Å². The quantitative estimate of drug-likeness (QED) is 0.261. The minimum Gasteiger partial charge on any atom is -0.480 e. The van der Waals surface area contributed by atoms with Crippen molar-refractivity contribution in [1.82, 2.24) is 15.2 Å². The normalized spacial score (nSPS) is 11.6. The number of pyridine rings is 1. The highest BCUT2D eigenvalue weighted by atomic mass is 31.2. The summed E-state index contributed by atoms with van der Waals surface area (Å²) in [6.07, 6.45) is 2.76. The molecule has 5 rings (SSSR count). The fraction of sp³-hybridized carbons (Fsp3) is 0.138. The van der Waals surface area contributed by atoms with Crippen molar-refractivity contribution in [2.24, 2.45) is 0 Å². The third kappa shape index (κ3) is 5.43. The van der Waals surface area contributed by atoms with Crippen LogP contribution in [0, 0.1) is 0 Å². The maximum atomic E-state index is 12.6. The first-order chi connectivity index (χ1) is 18.3. The molecule has 0 amide bonds. The summed E-state index contributed by atoms with van der Waals surface area (Å²) in [6.45, 7) is 0. The van der Waals surface area contributed by atoms with Crippen molar-refractivity contribution >= 4 is 23.7 Å². The number of methoxy groups -OCH3 is 1. The van der Waals surface area contributed by atoms with Crippen LogP contribution in [0.1, 0.15) is 33.5 Å². The van der Waals surface area contributed by atoms with E-state index in [1.165, 1.54) is 13.2 Å². The van der Waals surface area contributed by atoms with Gasteiger partial charge in [0.15, 0.2) is 0 Å². The van der Waals surface area contributed by atoms with Gasteiger partial charge < -0.3 is 14.5 Å². The van der Waals surface area contributed by atoms with E-state index in [1.807, 2.05) is 60.7 Å². The van der Waals surface area contributed by atoms with Crippen molar-refractivity contribution in [3.63, 3.8) is 0 Å². The monoisotopic (exact) mass is 527 g/mol. The zero-order chi connectivity index (χ0) is 26.7. The van der Waals surface area contributed by atoms with Crippen molar-refractivity contribution in [3.05, 3.63) is 129 Å². The molecule has 5 aromatic rings. The molecule has 8 nitrogen and oxygen atoms in total. The molecule has 0 spiro atoms. The Balaban J connectivity index is 1.69. The van der Waals surface area contributed by atoms with Gasteiger partial charge in [-0.3, -0.25) is 9.36 Å². The number of aromatic nitrogens is 3. The number of nitrogens with one attached hydrogen (secondary N) is 1. The van der Waals surface area contributed by atoms with E-state index in [1.54, 1.807) is 18.3 Å². The average molecular weight is 528 g/mol. The molecule has 3 N–H and O–H groups in total. The fourth-order valence-electron chi connectivity index (χ4n) is 4.76. The summed E-state index contributed by atoms with van der Waals surface area (Å²) in [4.78, 5) is 37.5. The predicted molar refractivity (Wildman–Crippen MR) is 146 cm³/mol. The van der Waals surface area contributed by atoms with Crippen molar-refractivity contribution < 1.29 is 19.1 Å². The van der Waals surface area contributed by atoms with E-state index in [9.17, 15) is 19.1 Å². The van der Waals surface area contributed by atoms with Gasteiger partial charge in [-0.2, -0.15) is 5.10 Å². The fourth-order valence-corrected chi connectivity index (χ4v) is 5.59. The second-order valence-electron chi connectivity index (χ2n) is 9.03. The van der Waals surface area contributed by atoms with Crippen LogP contribution in [-0.2, 0) is 23.8 Å². The Morgan fingerprint density at radius 3 is 2.11 bits per heavy atom. The summed E-state index contributed by atoms with van der Waals surface area (Å²) in [7, 11) is -3.10. The number of hydrogen-bond acceptors (Lipinski definition) is 5. The summed E-state index contributed by atoms with van der Waals surface area (Å²) in [6, 6.07) is 24.5. The Labute approximate surface area is 219 Å². The molecule has 192 valence electrons. The molecule has 9 heteroatoms. The number of benzene rings is 3. The van der Waals surface area contributed by atoms with Crippen LogP contribution < -0.4 is 15.6 Å². The smallest absolute Gasteiger partial charge is 0.356 e. The van der Waals surface area contributed by atoms with Crippen molar-refractivity contribution in [1.29, 1.82) is 0 Å². The van der Waals surface area contributed by atoms with Crippen LogP contribution in [0.3, 0.4) is 0 Å². The summed E-state index contributed by atoms with van der Waals surface area (Å²) in [5.74, 6) is 0.196. The lowest BCUT2D eigenvalue weighted by molar-refractivity contribution is 0.387. The second kappa shape index (κ2) is 10.7. The number of fused-ring (bicyclic) bond motifs is 1. The van der Waals surface area contributed by atoms with Gasteiger partial charge in [0.1, 0.15) is 5.39 Å². The van der Waals surface area contributed by atoms with Gasteiger partial charge in [-0.15, -0.1) is 0 Å². The van der Waals surface area contributed by atoms with Crippen LogP contribution in [0.25, 0.3) is 10.8 Å². The molecule has 2 heterocycles. The van der Waals surface area contributed by atoms with Crippen LogP contribution in [0.15, 0.2) is 89.9 Å². The van der Waals surface area contributed by atoms with E-state index < -0.39 is 7.60 Å². The summed E-state index contributed by atoms with van der Waals surface area (Å²) in [5.41, 5.74) is 4.55. The first-order valence-corrected chi connectivity index (χ1v) is 13.6. The van der Waals surface area contributed by atoms with E-state index in [2.05, 4.69) is 15.2 Å². The number of hydrogen-bond donors (Lipinski definition) is 3. The van der Waals surface area contributed by atoms with Crippen LogP contribution >= 0.6 is 7.60 Å². The van der Waals surface area contributed by atoms with Gasteiger partial charge in [0.25, 0.3) is 5.56 Å². The van der Waals surface area contributed by atoms with Crippen LogP contribution in [0.4, 0.5) is 0 Å². The number of rotatable bonds is 8. The Hall–Kier alpha value is -4.10. The van der Waals surface area contributed by atoms with Gasteiger partial charge in [-0.25, -0.2) is 10.1 Å². The predicted octanol–water partition coefficient (Wildman–Crippen LogP) is 3.90. The molecule has 0 saturated carbocycles. The molecular formula is C29H26N3O5P. The number of ether oxygens (including phenoxy) is 1. The van der Waals surface area contributed by atoms with Gasteiger partial charge >= 0.3 is 7.60 Å². The highest BCUT2D eigenvalue weighted by molar-refractivity contribution is 7.60. The molecular weight excluding hydrogens is 501 g/mol. The van der Waals surface area contributed by atoms with Crippen LogP contribution in [0.2, 0.25) is 0 Å². The molecule has 3 aromatic carbocycles. The second-order valence-corrected chi connectivity index (χ2v) is 10.6. The number of nitrogens with zero attached hydrogens (tertiary/aromatic N) is 2. The minimum absolute atomic E-state index is 0.0239. The minimum atomic E-state index is -4.56. The highest BCUT2D eigenvalue weighted by Gasteiger charge is 2.26. The zero-order valence-electron chi connectivity index (χ0n) is 20.7. The van der Waals surface area contributed by atoms with E-state index in [4.69, 9.17) is 4.74 Å². The SMILES string of the molecule is COc1nc(Cc2ccc(P(=O)(O)O)c(Cc3ccccc3)c2Cc2ccccc2)cc2cn[nH]c(=O)c12. The molecule has 0 aliphatic heterocycles. The van der Waals surface area contributed by atoms with Gasteiger partial charge in [0.2, 0.25) is 5.88 Å². The molecule has 0 unspecified atom stereocenters. The Morgan fingerprint density at radius 2 is 1.50 bits per heavy atom. The lowest BCUT2D eigenvalue weighted by Crippen LogP contribution is -2.17. The zero-order valence-corrected chi connectivity index (χ0v) is 21.6. The molecule has 0 saturated heterocycles. The molecule has 0 aliphatic carbocycles.